The summed E-state index contributed by atoms with van der Waals surface area (Å²) in [5, 5.41) is 9.26. The number of piperazine rings is 1. The van der Waals surface area contributed by atoms with Gasteiger partial charge in [-0.15, -0.1) is 0 Å². The van der Waals surface area contributed by atoms with Crippen LogP contribution in [0.4, 0.5) is 4.79 Å². The Bertz CT molecular complexity index is 462. The first-order valence-corrected chi connectivity index (χ1v) is 6.96. The number of nitrogens with zero attached hydrogens (tertiary/aromatic N) is 2. The lowest BCUT2D eigenvalue weighted by Gasteiger charge is -2.44. The van der Waals surface area contributed by atoms with Gasteiger partial charge in [0.25, 0.3) is 0 Å². The second-order valence-electron chi connectivity index (χ2n) is 5.63. The van der Waals surface area contributed by atoms with E-state index < -0.39 is 6.09 Å². The minimum absolute atomic E-state index is 0.0972. The van der Waals surface area contributed by atoms with Crippen molar-refractivity contribution in [2.75, 3.05) is 6.54 Å². The van der Waals surface area contributed by atoms with Crippen molar-refractivity contribution in [3.05, 3.63) is 35.9 Å². The molecule has 0 aliphatic carbocycles. The van der Waals surface area contributed by atoms with Gasteiger partial charge >= 0.3 is 6.09 Å². The Kier molecular flexibility index (Phi) is 3.19. The molecule has 1 aromatic rings. The molecule has 102 valence electrons. The minimum atomic E-state index is -0.774. The van der Waals surface area contributed by atoms with Gasteiger partial charge in [0.05, 0.1) is 0 Å². The molecule has 19 heavy (non-hydrogen) atoms. The molecule has 3 atom stereocenters. The van der Waals surface area contributed by atoms with Crippen LogP contribution < -0.4 is 0 Å². The van der Waals surface area contributed by atoms with Gasteiger partial charge in [-0.2, -0.15) is 0 Å². The maximum Gasteiger partial charge on any atom is 0.407 e. The summed E-state index contributed by atoms with van der Waals surface area (Å²) in [5.41, 5.74) is 1.32. The third-order valence-corrected chi connectivity index (χ3v) is 4.60. The lowest BCUT2D eigenvalue weighted by Crippen LogP contribution is -2.59. The van der Waals surface area contributed by atoms with Crippen LogP contribution in [-0.4, -0.2) is 45.7 Å². The highest BCUT2D eigenvalue weighted by Crippen LogP contribution is 2.35. The number of likely N-dealkylation sites (tertiary alicyclic amines) is 1. The SMILES string of the molecule is CC1[C@@H]2CC[C@H](CN1C(=O)O)N2Cc1ccccc1. The van der Waals surface area contributed by atoms with Crippen molar-refractivity contribution in [3.8, 4) is 0 Å². The van der Waals surface area contributed by atoms with E-state index in [0.717, 1.165) is 19.4 Å². The molecule has 4 heteroatoms. The number of hydrogen-bond acceptors (Lipinski definition) is 2. The second kappa shape index (κ2) is 4.85. The normalized spacial score (nSPS) is 30.6. The fraction of sp³-hybridized carbons (Fsp3) is 0.533. The monoisotopic (exact) mass is 260 g/mol. The maximum atomic E-state index is 11.3. The average Bonchev–Trinajstić information content (AvgIpc) is 2.69. The number of carboxylic acid groups (broad SMARTS) is 1. The Morgan fingerprint density at radius 3 is 2.74 bits per heavy atom. The van der Waals surface area contributed by atoms with Gasteiger partial charge in [0.1, 0.15) is 0 Å². The third kappa shape index (κ3) is 2.21. The number of rotatable bonds is 2. The molecule has 2 bridgehead atoms. The molecule has 1 aromatic carbocycles. The number of hydrogen-bond donors (Lipinski definition) is 1. The third-order valence-electron chi connectivity index (χ3n) is 4.60. The van der Waals surface area contributed by atoms with Gasteiger partial charge in [-0.1, -0.05) is 30.3 Å². The van der Waals surface area contributed by atoms with Crippen molar-refractivity contribution in [2.24, 2.45) is 0 Å². The Labute approximate surface area is 113 Å². The number of amides is 1. The van der Waals surface area contributed by atoms with Crippen molar-refractivity contribution in [2.45, 2.75) is 44.4 Å². The van der Waals surface area contributed by atoms with Crippen LogP contribution in [0.1, 0.15) is 25.3 Å². The second-order valence-corrected chi connectivity index (χ2v) is 5.63. The lowest BCUT2D eigenvalue weighted by atomic mass is 10.0. The smallest absolute Gasteiger partial charge is 0.407 e. The molecule has 0 saturated carbocycles. The highest BCUT2D eigenvalue weighted by molar-refractivity contribution is 5.66. The average molecular weight is 260 g/mol. The molecule has 2 saturated heterocycles. The van der Waals surface area contributed by atoms with Crippen LogP contribution in [0.5, 0.6) is 0 Å². The Hall–Kier alpha value is -1.55. The molecule has 2 heterocycles. The van der Waals surface area contributed by atoms with Crippen LogP contribution in [0.3, 0.4) is 0 Å². The van der Waals surface area contributed by atoms with Crippen molar-refractivity contribution in [3.63, 3.8) is 0 Å². The summed E-state index contributed by atoms with van der Waals surface area (Å²) in [5.74, 6) is 0. The highest BCUT2D eigenvalue weighted by atomic mass is 16.4. The zero-order chi connectivity index (χ0) is 13.4. The number of benzene rings is 1. The van der Waals surface area contributed by atoms with Gasteiger partial charge in [-0.3, -0.25) is 4.90 Å². The van der Waals surface area contributed by atoms with Crippen LogP contribution in [0.2, 0.25) is 0 Å². The van der Waals surface area contributed by atoms with Crippen LogP contribution in [-0.2, 0) is 6.54 Å². The zero-order valence-corrected chi connectivity index (χ0v) is 11.2. The molecule has 1 N–H and O–H groups in total. The first-order chi connectivity index (χ1) is 9.16. The van der Waals surface area contributed by atoms with E-state index in [1.54, 1.807) is 4.90 Å². The molecule has 0 radical (unpaired) electrons. The molecule has 0 spiro atoms. The molecule has 1 amide bonds. The van der Waals surface area contributed by atoms with Gasteiger partial charge in [-0.05, 0) is 25.3 Å². The van der Waals surface area contributed by atoms with E-state index in [2.05, 4.69) is 29.2 Å². The first kappa shape index (κ1) is 12.5. The molecule has 2 aliphatic heterocycles. The predicted octanol–water partition coefficient (Wildman–Crippen LogP) is 2.40. The van der Waals surface area contributed by atoms with Gasteiger partial charge in [-0.25, -0.2) is 4.79 Å². The van der Waals surface area contributed by atoms with Crippen molar-refractivity contribution in [1.82, 2.24) is 9.80 Å². The number of fused-ring (bicyclic) bond motifs is 2. The van der Waals surface area contributed by atoms with E-state index >= 15 is 0 Å². The fourth-order valence-corrected chi connectivity index (χ4v) is 3.57. The Morgan fingerprint density at radius 2 is 2.05 bits per heavy atom. The summed E-state index contributed by atoms with van der Waals surface area (Å²) < 4.78 is 0. The van der Waals surface area contributed by atoms with Crippen LogP contribution in [0.25, 0.3) is 0 Å². The summed E-state index contributed by atoms with van der Waals surface area (Å²) >= 11 is 0. The van der Waals surface area contributed by atoms with E-state index in [1.807, 2.05) is 13.0 Å². The van der Waals surface area contributed by atoms with E-state index in [4.69, 9.17) is 0 Å². The zero-order valence-electron chi connectivity index (χ0n) is 11.2. The minimum Gasteiger partial charge on any atom is -0.465 e. The summed E-state index contributed by atoms with van der Waals surface area (Å²) in [6.45, 7) is 3.63. The molecular weight excluding hydrogens is 240 g/mol. The molecular formula is C15H20N2O2. The van der Waals surface area contributed by atoms with Crippen molar-refractivity contribution in [1.29, 1.82) is 0 Å². The molecule has 0 aromatic heterocycles. The summed E-state index contributed by atoms with van der Waals surface area (Å²) in [6, 6.07) is 11.3. The lowest BCUT2D eigenvalue weighted by molar-refractivity contribution is 0.0232. The standard InChI is InChI=1S/C15H20N2O2/c1-11-14-8-7-13(10-16(11)15(18)19)17(14)9-12-5-3-2-4-6-12/h2-6,11,13-14H,7-10H2,1H3,(H,18,19)/t11?,13-,14+/m1/s1. The quantitative estimate of drug-likeness (QED) is 0.888. The van der Waals surface area contributed by atoms with E-state index in [0.29, 0.717) is 18.6 Å². The van der Waals surface area contributed by atoms with E-state index in [9.17, 15) is 9.90 Å². The Balaban J connectivity index is 1.77. The molecule has 2 fully saturated rings. The summed E-state index contributed by atoms with van der Waals surface area (Å²) in [7, 11) is 0. The predicted molar refractivity (Wildman–Crippen MR) is 73.0 cm³/mol. The van der Waals surface area contributed by atoms with E-state index in [-0.39, 0.29) is 6.04 Å². The highest BCUT2D eigenvalue weighted by Gasteiger charge is 2.45. The maximum absolute atomic E-state index is 11.3. The van der Waals surface area contributed by atoms with Crippen LogP contribution >= 0.6 is 0 Å². The topological polar surface area (TPSA) is 43.8 Å². The van der Waals surface area contributed by atoms with Crippen LogP contribution in [0.15, 0.2) is 30.3 Å². The van der Waals surface area contributed by atoms with Crippen molar-refractivity contribution >= 4 is 6.09 Å². The molecule has 3 rings (SSSR count). The fourth-order valence-electron chi connectivity index (χ4n) is 3.57. The van der Waals surface area contributed by atoms with Crippen LogP contribution in [0, 0.1) is 0 Å². The number of carbonyl (C=O) groups is 1. The first-order valence-electron chi connectivity index (χ1n) is 6.96. The van der Waals surface area contributed by atoms with E-state index in [1.165, 1.54) is 5.56 Å². The molecule has 4 nitrogen and oxygen atoms in total. The molecule has 1 unspecified atom stereocenters. The largest absolute Gasteiger partial charge is 0.465 e. The van der Waals surface area contributed by atoms with Crippen molar-refractivity contribution < 1.29 is 9.90 Å². The van der Waals surface area contributed by atoms with Gasteiger partial charge in [0, 0.05) is 31.2 Å². The summed E-state index contributed by atoms with van der Waals surface area (Å²) in [6.07, 6.45) is 1.46. The van der Waals surface area contributed by atoms with Gasteiger partial charge in [0.15, 0.2) is 0 Å². The molecule has 2 aliphatic rings. The summed E-state index contributed by atoms with van der Waals surface area (Å²) in [4.78, 5) is 15.4. The Morgan fingerprint density at radius 1 is 1.32 bits per heavy atom. The van der Waals surface area contributed by atoms with Gasteiger partial charge in [0.2, 0.25) is 0 Å². The van der Waals surface area contributed by atoms with Gasteiger partial charge < -0.3 is 10.0 Å².